The lowest BCUT2D eigenvalue weighted by Gasteiger charge is -2.27. The Balaban J connectivity index is 1.59. The quantitative estimate of drug-likeness (QED) is 0.764. The van der Waals surface area contributed by atoms with E-state index in [1.165, 1.54) is 25.9 Å². The van der Waals surface area contributed by atoms with Crippen LogP contribution in [-0.2, 0) is 4.79 Å². The summed E-state index contributed by atoms with van der Waals surface area (Å²) in [5, 5.41) is 0. The molecule has 0 saturated carbocycles. The fourth-order valence-electron chi connectivity index (χ4n) is 3.42. The first-order chi connectivity index (χ1) is 10.7. The van der Waals surface area contributed by atoms with Gasteiger partial charge in [0.25, 0.3) is 0 Å². The molecule has 0 aliphatic carbocycles. The summed E-state index contributed by atoms with van der Waals surface area (Å²) in [7, 11) is 0. The minimum absolute atomic E-state index is 0.157. The topological polar surface area (TPSA) is 23.6 Å². The Morgan fingerprint density at radius 3 is 2.59 bits per heavy atom. The fourth-order valence-corrected chi connectivity index (χ4v) is 3.68. The van der Waals surface area contributed by atoms with E-state index >= 15 is 0 Å². The molecule has 2 aliphatic rings. The van der Waals surface area contributed by atoms with Crippen LogP contribution in [0.25, 0.3) is 6.08 Å². The van der Waals surface area contributed by atoms with Crippen molar-refractivity contribution >= 4 is 27.9 Å². The molecule has 0 bridgehead atoms. The molecule has 2 heterocycles. The zero-order chi connectivity index (χ0) is 15.4. The van der Waals surface area contributed by atoms with Gasteiger partial charge in [0.05, 0.1) is 0 Å². The highest BCUT2D eigenvalue weighted by Gasteiger charge is 2.29. The van der Waals surface area contributed by atoms with Crippen LogP contribution in [0.3, 0.4) is 0 Å². The molecule has 22 heavy (non-hydrogen) atoms. The summed E-state index contributed by atoms with van der Waals surface area (Å²) in [5.74, 6) is 0.157. The Kier molecular flexibility index (Phi) is 5.32. The maximum Gasteiger partial charge on any atom is 0.246 e. The third-order valence-electron chi connectivity index (χ3n) is 4.62. The molecule has 2 fully saturated rings. The number of amides is 1. The lowest BCUT2D eigenvalue weighted by molar-refractivity contribution is -0.127. The van der Waals surface area contributed by atoms with E-state index in [1.807, 2.05) is 30.3 Å². The molecule has 118 valence electrons. The summed E-state index contributed by atoms with van der Waals surface area (Å²) in [4.78, 5) is 17.1. The van der Waals surface area contributed by atoms with Crippen LogP contribution in [0.5, 0.6) is 0 Å². The molecule has 3 nitrogen and oxygen atoms in total. The van der Waals surface area contributed by atoms with Gasteiger partial charge in [0.15, 0.2) is 0 Å². The molecule has 0 radical (unpaired) electrons. The lowest BCUT2D eigenvalue weighted by Crippen LogP contribution is -2.41. The predicted octanol–water partition coefficient (Wildman–Crippen LogP) is 3.55. The molecular weight excluding hydrogens is 340 g/mol. The van der Waals surface area contributed by atoms with Crippen LogP contribution in [0.2, 0.25) is 0 Å². The molecule has 1 amide bonds. The number of benzene rings is 1. The van der Waals surface area contributed by atoms with Gasteiger partial charge in [-0.3, -0.25) is 4.79 Å². The van der Waals surface area contributed by atoms with Crippen molar-refractivity contribution in [2.24, 2.45) is 0 Å². The second-order valence-electron chi connectivity index (χ2n) is 6.22. The van der Waals surface area contributed by atoms with Gasteiger partial charge in [0.1, 0.15) is 0 Å². The van der Waals surface area contributed by atoms with Crippen LogP contribution in [0.4, 0.5) is 0 Å². The smallest absolute Gasteiger partial charge is 0.246 e. The average molecular weight is 363 g/mol. The summed E-state index contributed by atoms with van der Waals surface area (Å²) in [6.07, 6.45) is 8.55. The van der Waals surface area contributed by atoms with Crippen molar-refractivity contribution in [3.8, 4) is 0 Å². The number of hydrogen-bond acceptors (Lipinski definition) is 2. The second kappa shape index (κ2) is 7.42. The maximum absolute atomic E-state index is 12.5. The van der Waals surface area contributed by atoms with Crippen molar-refractivity contribution in [3.63, 3.8) is 0 Å². The van der Waals surface area contributed by atoms with Crippen LogP contribution >= 0.6 is 15.9 Å². The highest BCUT2D eigenvalue weighted by Crippen LogP contribution is 2.21. The van der Waals surface area contributed by atoms with Crippen LogP contribution in [0, 0.1) is 0 Å². The van der Waals surface area contributed by atoms with Crippen LogP contribution in [0.1, 0.15) is 31.2 Å². The normalized spacial score (nSPS) is 22.8. The molecule has 0 aromatic heterocycles. The molecule has 2 aliphatic heterocycles. The van der Waals surface area contributed by atoms with E-state index < -0.39 is 0 Å². The number of likely N-dealkylation sites (tertiary alicyclic amines) is 2. The van der Waals surface area contributed by atoms with Gasteiger partial charge in [-0.25, -0.2) is 0 Å². The van der Waals surface area contributed by atoms with E-state index in [0.717, 1.165) is 36.0 Å². The standard InChI is InChI=1S/C18H23BrN2O/c19-16-8-5-15(6-9-16)7-10-18(22)21-13-3-4-17(21)14-20-11-1-2-12-20/h5-10,17H,1-4,11-14H2/t17-/m1/s1. The number of halogens is 1. The Bertz CT molecular complexity index is 535. The summed E-state index contributed by atoms with van der Waals surface area (Å²) < 4.78 is 1.06. The molecule has 0 unspecified atom stereocenters. The van der Waals surface area contributed by atoms with E-state index in [2.05, 4.69) is 25.7 Å². The number of hydrogen-bond donors (Lipinski definition) is 0. The second-order valence-corrected chi connectivity index (χ2v) is 7.14. The van der Waals surface area contributed by atoms with Crippen molar-refractivity contribution in [2.45, 2.75) is 31.7 Å². The minimum Gasteiger partial charge on any atom is -0.335 e. The van der Waals surface area contributed by atoms with Crippen molar-refractivity contribution in [2.75, 3.05) is 26.2 Å². The minimum atomic E-state index is 0.157. The number of rotatable bonds is 4. The largest absolute Gasteiger partial charge is 0.335 e. The van der Waals surface area contributed by atoms with Crippen LogP contribution in [-0.4, -0.2) is 47.9 Å². The third kappa shape index (κ3) is 3.99. The first kappa shape index (κ1) is 15.8. The van der Waals surface area contributed by atoms with Crippen molar-refractivity contribution < 1.29 is 4.79 Å². The molecule has 1 atom stereocenters. The van der Waals surface area contributed by atoms with E-state index in [-0.39, 0.29) is 5.91 Å². The number of carbonyl (C=O) groups excluding carboxylic acids is 1. The third-order valence-corrected chi connectivity index (χ3v) is 5.14. The molecular formula is C18H23BrN2O. The highest BCUT2D eigenvalue weighted by atomic mass is 79.9. The van der Waals surface area contributed by atoms with Gasteiger partial charge in [0, 0.05) is 29.7 Å². The fraction of sp³-hybridized carbons (Fsp3) is 0.500. The van der Waals surface area contributed by atoms with Crippen LogP contribution in [0.15, 0.2) is 34.8 Å². The maximum atomic E-state index is 12.5. The monoisotopic (exact) mass is 362 g/mol. The Labute approximate surface area is 141 Å². The molecule has 3 rings (SSSR count). The van der Waals surface area contributed by atoms with Crippen molar-refractivity contribution in [1.29, 1.82) is 0 Å². The van der Waals surface area contributed by atoms with E-state index in [1.54, 1.807) is 6.08 Å². The zero-order valence-corrected chi connectivity index (χ0v) is 14.5. The van der Waals surface area contributed by atoms with E-state index in [9.17, 15) is 4.79 Å². The van der Waals surface area contributed by atoms with Gasteiger partial charge in [-0.05, 0) is 62.5 Å². The summed E-state index contributed by atoms with van der Waals surface area (Å²) in [5.41, 5.74) is 1.06. The van der Waals surface area contributed by atoms with Gasteiger partial charge in [-0.2, -0.15) is 0 Å². The molecule has 4 heteroatoms. The zero-order valence-electron chi connectivity index (χ0n) is 12.9. The van der Waals surface area contributed by atoms with E-state index in [4.69, 9.17) is 0 Å². The summed E-state index contributed by atoms with van der Waals surface area (Å²) in [6.45, 7) is 4.36. The average Bonchev–Trinajstić information content (AvgIpc) is 3.19. The van der Waals surface area contributed by atoms with Gasteiger partial charge >= 0.3 is 0 Å². The lowest BCUT2D eigenvalue weighted by atomic mass is 10.2. The highest BCUT2D eigenvalue weighted by molar-refractivity contribution is 9.10. The molecule has 1 aromatic rings. The number of nitrogens with zero attached hydrogens (tertiary/aromatic N) is 2. The Morgan fingerprint density at radius 1 is 1.14 bits per heavy atom. The van der Waals surface area contributed by atoms with Gasteiger partial charge < -0.3 is 9.80 Å². The van der Waals surface area contributed by atoms with Crippen LogP contribution < -0.4 is 0 Å². The Hall–Kier alpha value is -1.13. The number of carbonyl (C=O) groups is 1. The summed E-state index contributed by atoms with van der Waals surface area (Å²) in [6, 6.07) is 8.42. The van der Waals surface area contributed by atoms with Crippen molar-refractivity contribution in [3.05, 3.63) is 40.4 Å². The Morgan fingerprint density at radius 2 is 1.86 bits per heavy atom. The van der Waals surface area contributed by atoms with Gasteiger partial charge in [0.2, 0.25) is 5.91 Å². The SMILES string of the molecule is O=C(C=Cc1ccc(Br)cc1)N1CCC[C@@H]1CN1CCCC1. The first-order valence-electron chi connectivity index (χ1n) is 8.19. The predicted molar refractivity (Wildman–Crippen MR) is 93.6 cm³/mol. The van der Waals surface area contributed by atoms with Crippen molar-refractivity contribution in [1.82, 2.24) is 9.80 Å². The first-order valence-corrected chi connectivity index (χ1v) is 8.98. The molecule has 1 aromatic carbocycles. The van der Waals surface area contributed by atoms with Gasteiger partial charge in [-0.1, -0.05) is 28.1 Å². The van der Waals surface area contributed by atoms with E-state index in [0.29, 0.717) is 6.04 Å². The van der Waals surface area contributed by atoms with Gasteiger partial charge in [-0.15, -0.1) is 0 Å². The molecule has 0 N–H and O–H groups in total. The summed E-state index contributed by atoms with van der Waals surface area (Å²) >= 11 is 3.42. The molecule has 0 spiro atoms. The molecule has 2 saturated heterocycles.